The number of rotatable bonds is 8. The molecule has 5 heteroatoms. The highest BCUT2D eigenvalue weighted by atomic mass is 16.5. The van der Waals surface area contributed by atoms with Crippen molar-refractivity contribution in [3.8, 4) is 0 Å². The lowest BCUT2D eigenvalue weighted by atomic mass is 9.91. The van der Waals surface area contributed by atoms with Crippen molar-refractivity contribution in [1.29, 1.82) is 0 Å². The number of piperidine rings is 1. The van der Waals surface area contributed by atoms with Crippen molar-refractivity contribution in [3.63, 3.8) is 0 Å². The molecule has 118 valence electrons. The highest BCUT2D eigenvalue weighted by Gasteiger charge is 2.34. The molecule has 3 N–H and O–H groups in total. The van der Waals surface area contributed by atoms with E-state index < -0.39 is 5.54 Å². The van der Waals surface area contributed by atoms with Crippen molar-refractivity contribution < 1.29 is 9.53 Å². The molecule has 0 aromatic heterocycles. The predicted molar refractivity (Wildman–Crippen MR) is 81.6 cm³/mol. The van der Waals surface area contributed by atoms with E-state index in [0.717, 1.165) is 45.3 Å². The Labute approximate surface area is 123 Å². The van der Waals surface area contributed by atoms with Gasteiger partial charge in [-0.2, -0.15) is 0 Å². The van der Waals surface area contributed by atoms with Crippen LogP contribution in [-0.2, 0) is 9.53 Å². The van der Waals surface area contributed by atoms with Gasteiger partial charge in [0.05, 0.1) is 11.6 Å². The molecule has 0 bridgehead atoms. The molecule has 0 aromatic carbocycles. The first-order valence-corrected chi connectivity index (χ1v) is 7.74. The van der Waals surface area contributed by atoms with Gasteiger partial charge in [-0.25, -0.2) is 0 Å². The standard InChI is InChI=1S/C15H31N3O2/c1-5-8-17-15(3,14(16)19)10-12(2)18-9-6-7-13(11-18)20-4/h12-13,17H,5-11H2,1-4H3,(H2,16,19). The Hall–Kier alpha value is -0.650. The first kappa shape index (κ1) is 17.4. The smallest absolute Gasteiger partial charge is 0.237 e. The number of carbonyl (C=O) groups is 1. The molecular weight excluding hydrogens is 254 g/mol. The average Bonchev–Trinajstić information content (AvgIpc) is 2.45. The Morgan fingerprint density at radius 2 is 2.30 bits per heavy atom. The molecule has 3 unspecified atom stereocenters. The molecule has 1 rings (SSSR count). The summed E-state index contributed by atoms with van der Waals surface area (Å²) in [4.78, 5) is 14.2. The molecule has 1 heterocycles. The second kappa shape index (κ2) is 7.96. The molecular formula is C15H31N3O2. The third kappa shape index (κ3) is 4.72. The van der Waals surface area contributed by atoms with E-state index in [1.807, 2.05) is 6.92 Å². The first-order valence-electron chi connectivity index (χ1n) is 7.74. The summed E-state index contributed by atoms with van der Waals surface area (Å²) in [5.74, 6) is -0.266. The molecule has 1 aliphatic rings. The number of amides is 1. The molecule has 5 nitrogen and oxygen atoms in total. The molecule has 0 spiro atoms. The maximum absolute atomic E-state index is 11.8. The molecule has 1 fully saturated rings. The molecule has 0 saturated carbocycles. The van der Waals surface area contributed by atoms with Crippen LogP contribution in [0.5, 0.6) is 0 Å². The lowest BCUT2D eigenvalue weighted by molar-refractivity contribution is -0.124. The number of methoxy groups -OCH3 is 1. The minimum atomic E-state index is -0.630. The number of likely N-dealkylation sites (tertiary alicyclic amines) is 1. The fourth-order valence-electron chi connectivity index (χ4n) is 2.94. The van der Waals surface area contributed by atoms with Gasteiger partial charge in [0, 0.05) is 19.7 Å². The second-order valence-corrected chi connectivity index (χ2v) is 6.17. The summed E-state index contributed by atoms with van der Waals surface area (Å²) in [6, 6.07) is 0.315. The summed E-state index contributed by atoms with van der Waals surface area (Å²) in [7, 11) is 1.77. The topological polar surface area (TPSA) is 67.6 Å². The van der Waals surface area contributed by atoms with Crippen LogP contribution in [0.25, 0.3) is 0 Å². The molecule has 1 amide bonds. The number of carbonyl (C=O) groups excluding carboxylic acids is 1. The largest absolute Gasteiger partial charge is 0.380 e. The summed E-state index contributed by atoms with van der Waals surface area (Å²) < 4.78 is 5.47. The van der Waals surface area contributed by atoms with E-state index in [-0.39, 0.29) is 5.91 Å². The Kier molecular flexibility index (Phi) is 6.92. The van der Waals surface area contributed by atoms with Gasteiger partial charge in [-0.15, -0.1) is 0 Å². The summed E-state index contributed by atoms with van der Waals surface area (Å²) in [6.07, 6.45) is 4.32. The molecule has 0 aromatic rings. The maximum Gasteiger partial charge on any atom is 0.237 e. The number of nitrogens with one attached hydrogen (secondary N) is 1. The summed E-state index contributed by atoms with van der Waals surface area (Å²) >= 11 is 0. The summed E-state index contributed by atoms with van der Waals surface area (Å²) in [5.41, 5.74) is 4.97. The van der Waals surface area contributed by atoms with Crippen LogP contribution in [0.15, 0.2) is 0 Å². The van der Waals surface area contributed by atoms with Gasteiger partial charge >= 0.3 is 0 Å². The number of nitrogens with zero attached hydrogens (tertiary/aromatic N) is 1. The van der Waals surface area contributed by atoms with Gasteiger partial charge in [0.25, 0.3) is 0 Å². The molecule has 1 aliphatic heterocycles. The number of hydrogen-bond donors (Lipinski definition) is 2. The molecule has 3 atom stereocenters. The predicted octanol–water partition coefficient (Wildman–Crippen LogP) is 1.12. The van der Waals surface area contributed by atoms with Crippen molar-refractivity contribution in [2.75, 3.05) is 26.7 Å². The van der Waals surface area contributed by atoms with Crippen molar-refractivity contribution >= 4 is 5.91 Å². The van der Waals surface area contributed by atoms with E-state index in [1.54, 1.807) is 7.11 Å². The highest BCUT2D eigenvalue weighted by molar-refractivity contribution is 5.84. The third-order valence-electron chi connectivity index (χ3n) is 4.38. The van der Waals surface area contributed by atoms with E-state index >= 15 is 0 Å². The van der Waals surface area contributed by atoms with Crippen molar-refractivity contribution in [1.82, 2.24) is 10.2 Å². The van der Waals surface area contributed by atoms with Crippen LogP contribution >= 0.6 is 0 Å². The highest BCUT2D eigenvalue weighted by Crippen LogP contribution is 2.21. The average molecular weight is 285 g/mol. The monoisotopic (exact) mass is 285 g/mol. The summed E-state index contributed by atoms with van der Waals surface area (Å²) in [6.45, 7) is 9.01. The molecule has 20 heavy (non-hydrogen) atoms. The number of primary amides is 1. The van der Waals surface area contributed by atoms with E-state index in [1.165, 1.54) is 0 Å². The van der Waals surface area contributed by atoms with Crippen LogP contribution in [0.2, 0.25) is 0 Å². The molecule has 0 aliphatic carbocycles. The maximum atomic E-state index is 11.8. The Morgan fingerprint density at radius 1 is 1.60 bits per heavy atom. The van der Waals surface area contributed by atoms with E-state index in [2.05, 4.69) is 24.1 Å². The lowest BCUT2D eigenvalue weighted by Crippen LogP contribution is -2.57. The Balaban J connectivity index is 2.60. The minimum absolute atomic E-state index is 0.266. The zero-order valence-electron chi connectivity index (χ0n) is 13.4. The van der Waals surface area contributed by atoms with Crippen LogP contribution < -0.4 is 11.1 Å². The van der Waals surface area contributed by atoms with Gasteiger partial charge in [0.1, 0.15) is 0 Å². The first-order chi connectivity index (χ1) is 9.42. The minimum Gasteiger partial charge on any atom is -0.380 e. The van der Waals surface area contributed by atoms with Crippen LogP contribution in [0.3, 0.4) is 0 Å². The van der Waals surface area contributed by atoms with E-state index in [9.17, 15) is 4.79 Å². The quantitative estimate of drug-likeness (QED) is 0.701. The normalized spacial score (nSPS) is 25.1. The van der Waals surface area contributed by atoms with Gasteiger partial charge in [-0.3, -0.25) is 9.69 Å². The van der Waals surface area contributed by atoms with Crippen LogP contribution in [0.4, 0.5) is 0 Å². The van der Waals surface area contributed by atoms with Gasteiger partial charge in [0.2, 0.25) is 5.91 Å². The Morgan fingerprint density at radius 3 is 2.85 bits per heavy atom. The number of ether oxygens (including phenoxy) is 1. The number of hydrogen-bond acceptors (Lipinski definition) is 4. The fourth-order valence-corrected chi connectivity index (χ4v) is 2.94. The molecule has 1 saturated heterocycles. The van der Waals surface area contributed by atoms with Crippen molar-refractivity contribution in [2.45, 2.75) is 64.1 Å². The van der Waals surface area contributed by atoms with E-state index in [0.29, 0.717) is 12.1 Å². The van der Waals surface area contributed by atoms with E-state index in [4.69, 9.17) is 10.5 Å². The van der Waals surface area contributed by atoms with Crippen LogP contribution in [0.1, 0.15) is 46.5 Å². The van der Waals surface area contributed by atoms with Gasteiger partial charge in [-0.1, -0.05) is 6.92 Å². The molecule has 0 radical (unpaired) electrons. The van der Waals surface area contributed by atoms with Crippen molar-refractivity contribution in [3.05, 3.63) is 0 Å². The number of nitrogens with two attached hydrogens (primary N) is 1. The second-order valence-electron chi connectivity index (χ2n) is 6.17. The zero-order chi connectivity index (χ0) is 15.2. The lowest BCUT2D eigenvalue weighted by Gasteiger charge is -2.39. The van der Waals surface area contributed by atoms with Gasteiger partial charge in [0.15, 0.2) is 0 Å². The van der Waals surface area contributed by atoms with Crippen LogP contribution in [-0.4, -0.2) is 55.2 Å². The van der Waals surface area contributed by atoms with Crippen LogP contribution in [0, 0.1) is 0 Å². The zero-order valence-corrected chi connectivity index (χ0v) is 13.4. The Bertz CT molecular complexity index is 311. The third-order valence-corrected chi connectivity index (χ3v) is 4.38. The fraction of sp³-hybridized carbons (Fsp3) is 0.933. The van der Waals surface area contributed by atoms with Crippen molar-refractivity contribution in [2.24, 2.45) is 5.73 Å². The van der Waals surface area contributed by atoms with Gasteiger partial charge < -0.3 is 15.8 Å². The summed E-state index contributed by atoms with van der Waals surface area (Å²) in [5, 5.41) is 3.31. The SMILES string of the molecule is CCCNC(C)(CC(C)N1CCCC(OC)C1)C(N)=O. The van der Waals surface area contributed by atoms with Gasteiger partial charge in [-0.05, 0) is 52.6 Å².